The number of anilines is 1. The molecule has 0 bridgehead atoms. The Hall–Kier alpha value is -3.74. The largest absolute Gasteiger partial charge is 0.433 e. The normalized spacial score (nSPS) is 15.2. The number of nitrogens with one attached hydrogen (secondary N) is 1. The summed E-state index contributed by atoms with van der Waals surface area (Å²) in [5.41, 5.74) is 2.14. The Kier molecular flexibility index (Phi) is 4.72. The number of fused-ring (bicyclic) bond motifs is 1. The summed E-state index contributed by atoms with van der Waals surface area (Å²) in [6.45, 7) is 0. The molecule has 1 unspecified atom stereocenters. The Bertz CT molecular complexity index is 1040. The number of hydrogen-bond donors (Lipinski definition) is 1. The summed E-state index contributed by atoms with van der Waals surface area (Å²) in [4.78, 5) is 27.4. The van der Waals surface area contributed by atoms with Gasteiger partial charge in [0.25, 0.3) is 5.88 Å². The topological polar surface area (TPSA) is 94.4 Å². The minimum atomic E-state index is -0.523. The monoisotopic (exact) mass is 375 g/mol. The fourth-order valence-electron chi connectivity index (χ4n) is 3.31. The van der Waals surface area contributed by atoms with Gasteiger partial charge in [0, 0.05) is 29.1 Å². The van der Waals surface area contributed by atoms with Crippen molar-refractivity contribution < 1.29 is 14.5 Å². The van der Waals surface area contributed by atoms with E-state index in [1.54, 1.807) is 24.3 Å². The number of nitro groups is 1. The van der Waals surface area contributed by atoms with Crippen molar-refractivity contribution in [2.24, 2.45) is 0 Å². The van der Waals surface area contributed by atoms with E-state index in [4.69, 9.17) is 4.74 Å². The minimum absolute atomic E-state index is 0.0398. The lowest BCUT2D eigenvalue weighted by molar-refractivity contribution is -0.386. The lowest BCUT2D eigenvalue weighted by Crippen LogP contribution is -2.33. The van der Waals surface area contributed by atoms with Crippen LogP contribution < -0.4 is 10.1 Å². The van der Waals surface area contributed by atoms with Gasteiger partial charge in [-0.3, -0.25) is 14.9 Å². The standard InChI is InChI=1S/C21H17N3O4/c25-20(14-6-2-1-3-7-14)17-12-11-15-16(23-17)8-4-10-19(15)28-21-18(24(26)27)9-5-13-22-21/h1-10,13,17,23H,11-12H2. The summed E-state index contributed by atoms with van der Waals surface area (Å²) in [6, 6.07) is 17.1. The summed E-state index contributed by atoms with van der Waals surface area (Å²) >= 11 is 0. The van der Waals surface area contributed by atoms with Crippen LogP contribution in [0.15, 0.2) is 66.9 Å². The zero-order chi connectivity index (χ0) is 19.5. The van der Waals surface area contributed by atoms with Crippen LogP contribution in [0.1, 0.15) is 22.3 Å². The van der Waals surface area contributed by atoms with E-state index in [2.05, 4.69) is 10.3 Å². The van der Waals surface area contributed by atoms with Gasteiger partial charge in [0.15, 0.2) is 5.78 Å². The third kappa shape index (κ3) is 3.42. The molecular weight excluding hydrogens is 358 g/mol. The molecule has 0 saturated heterocycles. The molecule has 3 aromatic rings. The van der Waals surface area contributed by atoms with Crippen molar-refractivity contribution in [3.05, 3.63) is 88.1 Å². The number of carbonyl (C=O) groups is 1. The van der Waals surface area contributed by atoms with E-state index in [1.165, 1.54) is 18.3 Å². The Morgan fingerprint density at radius 2 is 1.93 bits per heavy atom. The molecule has 0 saturated carbocycles. The van der Waals surface area contributed by atoms with E-state index in [0.29, 0.717) is 24.2 Å². The van der Waals surface area contributed by atoms with Gasteiger partial charge < -0.3 is 10.1 Å². The summed E-state index contributed by atoms with van der Waals surface area (Å²) < 4.78 is 5.77. The Morgan fingerprint density at radius 1 is 1.11 bits per heavy atom. The first-order valence-corrected chi connectivity index (χ1v) is 8.88. The second-order valence-electron chi connectivity index (χ2n) is 6.43. The average molecular weight is 375 g/mol. The number of benzene rings is 2. The first-order valence-electron chi connectivity index (χ1n) is 8.88. The van der Waals surface area contributed by atoms with Crippen molar-refractivity contribution in [2.45, 2.75) is 18.9 Å². The van der Waals surface area contributed by atoms with Crippen LogP contribution in [-0.2, 0) is 6.42 Å². The van der Waals surface area contributed by atoms with Crippen LogP contribution in [0.5, 0.6) is 11.6 Å². The number of Topliss-reactive ketones (excluding diaryl/α,β-unsaturated/α-hetero) is 1. The maximum absolute atomic E-state index is 12.7. The van der Waals surface area contributed by atoms with Gasteiger partial charge in [-0.25, -0.2) is 4.98 Å². The highest BCUT2D eigenvalue weighted by atomic mass is 16.6. The molecule has 1 N–H and O–H groups in total. The molecule has 7 nitrogen and oxygen atoms in total. The molecule has 1 aromatic heterocycles. The summed E-state index contributed by atoms with van der Waals surface area (Å²) in [5.74, 6) is 0.485. The van der Waals surface area contributed by atoms with Crippen molar-refractivity contribution in [1.29, 1.82) is 0 Å². The molecule has 0 amide bonds. The molecule has 28 heavy (non-hydrogen) atoms. The van der Waals surface area contributed by atoms with Gasteiger partial charge in [0.2, 0.25) is 0 Å². The Labute approximate surface area is 161 Å². The zero-order valence-corrected chi connectivity index (χ0v) is 14.9. The number of pyridine rings is 1. The summed E-state index contributed by atoms with van der Waals surface area (Å²) in [7, 11) is 0. The first-order chi connectivity index (χ1) is 13.6. The number of ketones is 1. The highest BCUT2D eigenvalue weighted by Gasteiger charge is 2.27. The highest BCUT2D eigenvalue weighted by Crippen LogP contribution is 2.37. The Balaban J connectivity index is 1.59. The molecule has 2 heterocycles. The van der Waals surface area contributed by atoms with E-state index in [-0.39, 0.29) is 23.4 Å². The molecule has 0 spiro atoms. The molecule has 0 radical (unpaired) electrons. The smallest absolute Gasteiger partial charge is 0.331 e. The van der Waals surface area contributed by atoms with Gasteiger partial charge in [0.05, 0.1) is 11.0 Å². The lowest BCUT2D eigenvalue weighted by atomic mass is 9.92. The predicted octanol–water partition coefficient (Wildman–Crippen LogP) is 4.39. The van der Waals surface area contributed by atoms with Gasteiger partial charge in [-0.15, -0.1) is 0 Å². The van der Waals surface area contributed by atoms with Gasteiger partial charge in [-0.05, 0) is 31.0 Å². The fourth-order valence-corrected chi connectivity index (χ4v) is 3.31. The van der Waals surface area contributed by atoms with Crippen LogP contribution in [0.25, 0.3) is 0 Å². The van der Waals surface area contributed by atoms with Gasteiger partial charge in [-0.2, -0.15) is 0 Å². The van der Waals surface area contributed by atoms with Crippen LogP contribution in [0, 0.1) is 10.1 Å². The van der Waals surface area contributed by atoms with Crippen molar-refractivity contribution in [3.8, 4) is 11.6 Å². The number of hydrogen-bond acceptors (Lipinski definition) is 6. The van der Waals surface area contributed by atoms with E-state index >= 15 is 0 Å². The quantitative estimate of drug-likeness (QED) is 0.404. The number of nitrogens with zero attached hydrogens (tertiary/aromatic N) is 2. The van der Waals surface area contributed by atoms with Crippen LogP contribution in [0.2, 0.25) is 0 Å². The molecule has 0 aliphatic carbocycles. The maximum Gasteiger partial charge on any atom is 0.331 e. The van der Waals surface area contributed by atoms with E-state index < -0.39 is 4.92 Å². The number of carbonyl (C=O) groups excluding carboxylic acids is 1. The second-order valence-corrected chi connectivity index (χ2v) is 6.43. The minimum Gasteiger partial charge on any atom is -0.433 e. The van der Waals surface area contributed by atoms with E-state index in [0.717, 1.165) is 11.3 Å². The number of aromatic nitrogens is 1. The first kappa shape index (κ1) is 17.7. The lowest BCUT2D eigenvalue weighted by Gasteiger charge is -2.27. The number of ether oxygens (including phenoxy) is 1. The molecule has 1 aliphatic rings. The number of rotatable bonds is 5. The van der Waals surface area contributed by atoms with E-state index in [9.17, 15) is 14.9 Å². The molecule has 1 atom stereocenters. The third-order valence-corrected chi connectivity index (χ3v) is 4.67. The van der Waals surface area contributed by atoms with Gasteiger partial charge >= 0.3 is 5.69 Å². The molecular formula is C21H17N3O4. The average Bonchev–Trinajstić information content (AvgIpc) is 2.74. The fraction of sp³-hybridized carbons (Fsp3) is 0.143. The second kappa shape index (κ2) is 7.48. The molecule has 1 aliphatic heterocycles. The van der Waals surface area contributed by atoms with Crippen LogP contribution in [0.4, 0.5) is 11.4 Å². The SMILES string of the molecule is O=C(c1ccccc1)C1CCc2c(cccc2Oc2ncccc2[N+](=O)[O-])N1. The third-order valence-electron chi connectivity index (χ3n) is 4.67. The van der Waals surface area contributed by atoms with Crippen LogP contribution in [0.3, 0.4) is 0 Å². The van der Waals surface area contributed by atoms with E-state index in [1.807, 2.05) is 24.3 Å². The molecule has 7 heteroatoms. The van der Waals surface area contributed by atoms with Crippen molar-refractivity contribution in [1.82, 2.24) is 4.98 Å². The van der Waals surface area contributed by atoms with Crippen molar-refractivity contribution in [3.63, 3.8) is 0 Å². The van der Waals surface area contributed by atoms with Crippen molar-refractivity contribution >= 4 is 17.2 Å². The Morgan fingerprint density at radius 3 is 2.71 bits per heavy atom. The van der Waals surface area contributed by atoms with Gasteiger partial charge in [0.1, 0.15) is 5.75 Å². The zero-order valence-electron chi connectivity index (χ0n) is 14.9. The van der Waals surface area contributed by atoms with Gasteiger partial charge in [-0.1, -0.05) is 36.4 Å². The molecule has 140 valence electrons. The predicted molar refractivity (Wildman–Crippen MR) is 104 cm³/mol. The molecule has 0 fully saturated rings. The maximum atomic E-state index is 12.7. The molecule has 2 aromatic carbocycles. The van der Waals surface area contributed by atoms with Crippen LogP contribution in [-0.4, -0.2) is 21.7 Å². The van der Waals surface area contributed by atoms with Crippen LogP contribution >= 0.6 is 0 Å². The molecule has 4 rings (SSSR count). The summed E-state index contributed by atoms with van der Waals surface area (Å²) in [5, 5.41) is 14.5. The summed E-state index contributed by atoms with van der Waals surface area (Å²) in [6.07, 6.45) is 2.67. The highest BCUT2D eigenvalue weighted by molar-refractivity contribution is 6.02. The van der Waals surface area contributed by atoms with Crippen molar-refractivity contribution in [2.75, 3.05) is 5.32 Å².